The minimum absolute atomic E-state index is 0.0762. The summed E-state index contributed by atoms with van der Waals surface area (Å²) in [6.07, 6.45) is -0.0762. The lowest BCUT2D eigenvalue weighted by atomic mass is 10.0. The molecule has 0 unspecified atom stereocenters. The normalized spacial score (nSPS) is 12.2. The molecule has 0 heterocycles. The van der Waals surface area contributed by atoms with Crippen LogP contribution in [0.25, 0.3) is 0 Å². The van der Waals surface area contributed by atoms with Crippen molar-refractivity contribution in [1.82, 2.24) is 4.72 Å². The average Bonchev–Trinajstić information content (AvgIpc) is 2.74. The van der Waals surface area contributed by atoms with Gasteiger partial charge in [0.1, 0.15) is 5.75 Å². The van der Waals surface area contributed by atoms with Gasteiger partial charge in [0.05, 0.1) is 23.7 Å². The number of aryl methyl sites for hydroxylation is 1. The summed E-state index contributed by atoms with van der Waals surface area (Å²) in [6, 6.07) is 21.9. The Hall–Kier alpha value is -3.16. The number of ether oxygens (including phenoxy) is 1. The second-order valence-corrected chi connectivity index (χ2v) is 8.56. The molecular weight excluding hydrogens is 400 g/mol. The Morgan fingerprint density at radius 3 is 2.23 bits per heavy atom. The van der Waals surface area contributed by atoms with Crippen LogP contribution in [0, 0.1) is 6.92 Å². The lowest BCUT2D eigenvalue weighted by Crippen LogP contribution is -2.31. The first-order valence-corrected chi connectivity index (χ1v) is 10.9. The molecule has 3 rings (SSSR count). The van der Waals surface area contributed by atoms with Gasteiger partial charge >= 0.3 is 0 Å². The van der Waals surface area contributed by atoms with E-state index in [4.69, 9.17) is 4.74 Å². The van der Waals surface area contributed by atoms with Crippen molar-refractivity contribution in [2.45, 2.75) is 24.3 Å². The minimum atomic E-state index is -3.81. The third-order valence-electron chi connectivity index (χ3n) is 4.60. The van der Waals surface area contributed by atoms with Crippen molar-refractivity contribution in [1.29, 1.82) is 0 Å². The van der Waals surface area contributed by atoms with Crippen LogP contribution in [0.3, 0.4) is 0 Å². The molecule has 30 heavy (non-hydrogen) atoms. The second kappa shape index (κ2) is 9.56. The number of amides is 1. The van der Waals surface area contributed by atoms with Crippen LogP contribution in [0.15, 0.2) is 83.8 Å². The number of anilines is 1. The van der Waals surface area contributed by atoms with Gasteiger partial charge < -0.3 is 10.1 Å². The van der Waals surface area contributed by atoms with Crippen molar-refractivity contribution in [3.63, 3.8) is 0 Å². The zero-order valence-electron chi connectivity index (χ0n) is 16.8. The quantitative estimate of drug-likeness (QED) is 0.571. The van der Waals surface area contributed by atoms with E-state index in [9.17, 15) is 13.2 Å². The Labute approximate surface area is 177 Å². The maximum Gasteiger partial charge on any atom is 0.241 e. The molecule has 2 N–H and O–H groups in total. The van der Waals surface area contributed by atoms with E-state index in [1.165, 1.54) is 7.11 Å². The number of hydrogen-bond acceptors (Lipinski definition) is 4. The zero-order chi connectivity index (χ0) is 21.6. The van der Waals surface area contributed by atoms with E-state index in [1.807, 2.05) is 13.0 Å². The van der Waals surface area contributed by atoms with E-state index >= 15 is 0 Å². The fourth-order valence-electron chi connectivity index (χ4n) is 3.02. The Bertz CT molecular complexity index is 1100. The van der Waals surface area contributed by atoms with Crippen molar-refractivity contribution in [3.8, 4) is 5.75 Å². The summed E-state index contributed by atoms with van der Waals surface area (Å²) in [5.74, 6) is 0.197. The predicted molar refractivity (Wildman–Crippen MR) is 117 cm³/mol. The molecule has 156 valence electrons. The molecule has 0 aliphatic rings. The van der Waals surface area contributed by atoms with Crippen LogP contribution in [0.5, 0.6) is 5.75 Å². The van der Waals surface area contributed by atoms with Crippen LogP contribution in [0.2, 0.25) is 0 Å². The standard InChI is InChI=1S/C23H24N2O4S/c1-17-12-14-19(15-13-17)30(27,28)25-21(18-8-4-3-5-9-18)16-23(26)24-20-10-6-7-11-22(20)29-2/h3-15,21,25H,16H2,1-2H3,(H,24,26)/t21-/m1/s1. The van der Waals surface area contributed by atoms with Crippen LogP contribution in [0.4, 0.5) is 5.69 Å². The molecule has 0 aliphatic heterocycles. The van der Waals surface area contributed by atoms with Crippen molar-refractivity contribution in [2.75, 3.05) is 12.4 Å². The van der Waals surface area contributed by atoms with Gasteiger partial charge in [-0.3, -0.25) is 4.79 Å². The Morgan fingerprint density at radius 2 is 1.57 bits per heavy atom. The van der Waals surface area contributed by atoms with Crippen LogP contribution < -0.4 is 14.8 Å². The molecule has 3 aromatic carbocycles. The van der Waals surface area contributed by atoms with Gasteiger partial charge in [-0.05, 0) is 36.8 Å². The number of rotatable bonds is 8. The first-order valence-electron chi connectivity index (χ1n) is 9.46. The molecule has 1 atom stereocenters. The monoisotopic (exact) mass is 424 g/mol. The molecular formula is C23H24N2O4S. The fraction of sp³-hybridized carbons (Fsp3) is 0.174. The van der Waals surface area contributed by atoms with Crippen molar-refractivity contribution in [2.24, 2.45) is 0 Å². The molecule has 7 heteroatoms. The first-order chi connectivity index (χ1) is 14.4. The molecule has 0 fully saturated rings. The minimum Gasteiger partial charge on any atom is -0.495 e. The van der Waals surface area contributed by atoms with Crippen molar-refractivity contribution in [3.05, 3.63) is 90.0 Å². The summed E-state index contributed by atoms with van der Waals surface area (Å²) in [7, 11) is -2.29. The summed E-state index contributed by atoms with van der Waals surface area (Å²) in [5, 5.41) is 2.80. The highest BCUT2D eigenvalue weighted by Gasteiger charge is 2.24. The molecule has 0 saturated carbocycles. The number of sulfonamides is 1. The average molecular weight is 425 g/mol. The third-order valence-corrected chi connectivity index (χ3v) is 6.09. The molecule has 0 saturated heterocycles. The Balaban J connectivity index is 1.83. The van der Waals surface area contributed by atoms with Gasteiger partial charge in [0.25, 0.3) is 0 Å². The van der Waals surface area contributed by atoms with E-state index in [2.05, 4.69) is 10.0 Å². The highest BCUT2D eigenvalue weighted by Crippen LogP contribution is 2.25. The summed E-state index contributed by atoms with van der Waals surface area (Å²) in [5.41, 5.74) is 2.19. The fourth-order valence-corrected chi connectivity index (χ4v) is 4.24. The maximum atomic E-state index is 12.9. The third kappa shape index (κ3) is 5.46. The number of benzene rings is 3. The van der Waals surface area contributed by atoms with Gasteiger partial charge in [-0.15, -0.1) is 0 Å². The van der Waals surface area contributed by atoms with Gasteiger partial charge in [-0.1, -0.05) is 60.2 Å². The molecule has 0 spiro atoms. The van der Waals surface area contributed by atoms with E-state index < -0.39 is 16.1 Å². The van der Waals surface area contributed by atoms with E-state index in [0.29, 0.717) is 17.0 Å². The van der Waals surface area contributed by atoms with Gasteiger partial charge in [0.2, 0.25) is 15.9 Å². The largest absolute Gasteiger partial charge is 0.495 e. The molecule has 0 aromatic heterocycles. The predicted octanol–water partition coefficient (Wildman–Crippen LogP) is 4.05. The van der Waals surface area contributed by atoms with Crippen molar-refractivity contribution < 1.29 is 17.9 Å². The van der Waals surface area contributed by atoms with Gasteiger partial charge in [-0.2, -0.15) is 0 Å². The summed E-state index contributed by atoms with van der Waals surface area (Å²) in [4.78, 5) is 12.9. The van der Waals surface area contributed by atoms with Gasteiger partial charge in [0, 0.05) is 6.42 Å². The smallest absolute Gasteiger partial charge is 0.241 e. The molecule has 0 radical (unpaired) electrons. The van der Waals surface area contributed by atoms with Gasteiger partial charge in [0.15, 0.2) is 0 Å². The van der Waals surface area contributed by atoms with Gasteiger partial charge in [-0.25, -0.2) is 13.1 Å². The highest BCUT2D eigenvalue weighted by molar-refractivity contribution is 7.89. The molecule has 1 amide bonds. The number of nitrogens with one attached hydrogen (secondary N) is 2. The summed E-state index contributed by atoms with van der Waals surface area (Å²) in [6.45, 7) is 1.89. The number of methoxy groups -OCH3 is 1. The first kappa shape index (κ1) is 21.5. The number of para-hydroxylation sites is 2. The lowest BCUT2D eigenvalue weighted by molar-refractivity contribution is -0.116. The van der Waals surface area contributed by atoms with Crippen LogP contribution >= 0.6 is 0 Å². The Kier molecular flexibility index (Phi) is 6.87. The lowest BCUT2D eigenvalue weighted by Gasteiger charge is -2.19. The summed E-state index contributed by atoms with van der Waals surface area (Å²) >= 11 is 0. The number of carbonyl (C=O) groups excluding carboxylic acids is 1. The van der Waals surface area contributed by atoms with Crippen LogP contribution in [-0.2, 0) is 14.8 Å². The second-order valence-electron chi connectivity index (χ2n) is 6.85. The SMILES string of the molecule is COc1ccccc1NC(=O)C[C@@H](NS(=O)(=O)c1ccc(C)cc1)c1ccccc1. The van der Waals surface area contributed by atoms with E-state index in [0.717, 1.165) is 5.56 Å². The highest BCUT2D eigenvalue weighted by atomic mass is 32.2. The molecule has 3 aromatic rings. The number of hydrogen-bond donors (Lipinski definition) is 2. The number of carbonyl (C=O) groups is 1. The Morgan fingerprint density at radius 1 is 0.933 bits per heavy atom. The molecule has 6 nitrogen and oxygen atoms in total. The zero-order valence-corrected chi connectivity index (χ0v) is 17.6. The molecule has 0 aliphatic carbocycles. The molecule has 0 bridgehead atoms. The van der Waals surface area contributed by atoms with Crippen molar-refractivity contribution >= 4 is 21.6 Å². The summed E-state index contributed by atoms with van der Waals surface area (Å²) < 4.78 is 33.7. The van der Waals surface area contributed by atoms with E-state index in [-0.39, 0.29) is 17.2 Å². The van der Waals surface area contributed by atoms with Crippen LogP contribution in [0.1, 0.15) is 23.6 Å². The van der Waals surface area contributed by atoms with E-state index in [1.54, 1.807) is 72.8 Å². The maximum absolute atomic E-state index is 12.9. The van der Waals surface area contributed by atoms with Crippen LogP contribution in [-0.4, -0.2) is 21.4 Å². The topological polar surface area (TPSA) is 84.5 Å².